The van der Waals surface area contributed by atoms with Gasteiger partial charge in [-0.2, -0.15) is 0 Å². The fraction of sp³-hybridized carbons (Fsp3) is 0.438. The van der Waals surface area contributed by atoms with Crippen LogP contribution in [0.1, 0.15) is 43.1 Å². The van der Waals surface area contributed by atoms with Gasteiger partial charge in [-0.15, -0.1) is 0 Å². The van der Waals surface area contributed by atoms with Gasteiger partial charge in [-0.3, -0.25) is 4.79 Å². The quantitative estimate of drug-likeness (QED) is 0.859. The number of aliphatic hydroxyl groups is 1. The molecule has 1 amide bonds. The zero-order valence-electron chi connectivity index (χ0n) is 12.1. The summed E-state index contributed by atoms with van der Waals surface area (Å²) in [7, 11) is 0. The van der Waals surface area contributed by atoms with E-state index in [-0.39, 0.29) is 18.6 Å². The summed E-state index contributed by atoms with van der Waals surface area (Å²) in [4.78, 5) is 14.2. The Bertz CT molecular complexity index is 529. The molecule has 0 saturated heterocycles. The lowest BCUT2D eigenvalue weighted by molar-refractivity contribution is 0.0716. The third-order valence-electron chi connectivity index (χ3n) is 2.90. The number of hydrogen-bond acceptors (Lipinski definition) is 2. The fourth-order valence-corrected chi connectivity index (χ4v) is 1.92. The zero-order valence-corrected chi connectivity index (χ0v) is 12.1. The third-order valence-corrected chi connectivity index (χ3v) is 2.90. The Morgan fingerprint density at radius 1 is 1.45 bits per heavy atom. The number of halogens is 1. The molecule has 3 nitrogen and oxygen atoms in total. The lowest BCUT2D eigenvalue weighted by Crippen LogP contribution is -2.37. The standard InChI is InChI=1S/C16H20FNO2/c1-4-18(12(2)3)16(20)15-9-8-14(17)11-13(15)7-5-6-10-19/h8-9,11-12,19H,4,6,10H2,1-3H3. The molecule has 1 N–H and O–H groups in total. The summed E-state index contributed by atoms with van der Waals surface area (Å²) in [5.41, 5.74) is 0.759. The molecule has 0 aliphatic rings. The van der Waals surface area contributed by atoms with Gasteiger partial charge in [0.05, 0.1) is 12.2 Å². The highest BCUT2D eigenvalue weighted by Crippen LogP contribution is 2.15. The number of rotatable bonds is 4. The van der Waals surface area contributed by atoms with Crippen molar-refractivity contribution >= 4 is 5.91 Å². The topological polar surface area (TPSA) is 40.5 Å². The molecule has 0 spiro atoms. The predicted molar refractivity (Wildman–Crippen MR) is 76.8 cm³/mol. The van der Waals surface area contributed by atoms with Crippen LogP contribution in [0.5, 0.6) is 0 Å². The van der Waals surface area contributed by atoms with Crippen molar-refractivity contribution in [1.29, 1.82) is 0 Å². The molecule has 1 aromatic rings. The summed E-state index contributed by atoms with van der Waals surface area (Å²) in [5, 5.41) is 8.72. The molecule has 0 atom stereocenters. The second kappa shape index (κ2) is 7.66. The second-order valence-corrected chi connectivity index (χ2v) is 4.65. The van der Waals surface area contributed by atoms with Crippen LogP contribution in [0.2, 0.25) is 0 Å². The maximum absolute atomic E-state index is 13.3. The average molecular weight is 277 g/mol. The van der Waals surface area contributed by atoms with E-state index in [0.29, 0.717) is 24.1 Å². The summed E-state index contributed by atoms with van der Waals surface area (Å²) >= 11 is 0. The monoisotopic (exact) mass is 277 g/mol. The summed E-state index contributed by atoms with van der Waals surface area (Å²) < 4.78 is 13.3. The Hall–Kier alpha value is -1.86. The molecule has 20 heavy (non-hydrogen) atoms. The number of carbonyl (C=O) groups is 1. The molecule has 4 heteroatoms. The molecule has 0 unspecified atom stereocenters. The van der Waals surface area contributed by atoms with Crippen molar-refractivity contribution in [3.05, 3.63) is 35.1 Å². The summed E-state index contributed by atoms with van der Waals surface area (Å²) in [6.07, 6.45) is 0.297. The van der Waals surface area contributed by atoms with E-state index in [1.54, 1.807) is 4.90 Å². The molecule has 1 aromatic carbocycles. The maximum atomic E-state index is 13.3. The number of aliphatic hydroxyl groups excluding tert-OH is 1. The first-order chi connectivity index (χ1) is 9.51. The van der Waals surface area contributed by atoms with Crippen molar-refractivity contribution in [3.63, 3.8) is 0 Å². The van der Waals surface area contributed by atoms with Crippen LogP contribution in [0, 0.1) is 17.7 Å². The van der Waals surface area contributed by atoms with Crippen molar-refractivity contribution in [3.8, 4) is 11.8 Å². The van der Waals surface area contributed by atoms with Crippen LogP contribution in [-0.2, 0) is 0 Å². The highest BCUT2D eigenvalue weighted by Gasteiger charge is 2.19. The summed E-state index contributed by atoms with van der Waals surface area (Å²) in [6.45, 7) is 6.29. The Kier molecular flexibility index (Phi) is 6.20. The minimum absolute atomic E-state index is 0.0569. The fourth-order valence-electron chi connectivity index (χ4n) is 1.92. The van der Waals surface area contributed by atoms with E-state index in [4.69, 9.17) is 5.11 Å². The van der Waals surface area contributed by atoms with Crippen molar-refractivity contribution in [1.82, 2.24) is 4.90 Å². The van der Waals surface area contributed by atoms with Crippen molar-refractivity contribution in [2.24, 2.45) is 0 Å². The van der Waals surface area contributed by atoms with Crippen LogP contribution in [0.15, 0.2) is 18.2 Å². The molecule has 0 bridgehead atoms. The molecule has 0 aliphatic carbocycles. The molecule has 0 fully saturated rings. The zero-order chi connectivity index (χ0) is 15.1. The van der Waals surface area contributed by atoms with Crippen LogP contribution in [0.25, 0.3) is 0 Å². The Morgan fingerprint density at radius 3 is 2.70 bits per heavy atom. The highest BCUT2D eigenvalue weighted by molar-refractivity contribution is 5.96. The van der Waals surface area contributed by atoms with Crippen molar-refractivity contribution in [2.75, 3.05) is 13.2 Å². The van der Waals surface area contributed by atoms with Gasteiger partial charge < -0.3 is 10.0 Å². The first-order valence-electron chi connectivity index (χ1n) is 6.71. The average Bonchev–Trinajstić information content (AvgIpc) is 2.39. The van der Waals surface area contributed by atoms with Gasteiger partial charge >= 0.3 is 0 Å². The predicted octanol–water partition coefficient (Wildman–Crippen LogP) is 2.43. The van der Waals surface area contributed by atoms with E-state index in [1.807, 2.05) is 20.8 Å². The minimum atomic E-state index is -0.428. The van der Waals surface area contributed by atoms with E-state index < -0.39 is 5.82 Å². The first-order valence-corrected chi connectivity index (χ1v) is 6.71. The van der Waals surface area contributed by atoms with Gasteiger partial charge in [-0.25, -0.2) is 4.39 Å². The van der Waals surface area contributed by atoms with Crippen LogP contribution in [0.4, 0.5) is 4.39 Å². The summed E-state index contributed by atoms with van der Waals surface area (Å²) in [6, 6.07) is 4.05. The maximum Gasteiger partial charge on any atom is 0.255 e. The second-order valence-electron chi connectivity index (χ2n) is 4.65. The Labute approximate surface area is 119 Å². The van der Waals surface area contributed by atoms with Gasteiger partial charge in [-0.05, 0) is 39.0 Å². The van der Waals surface area contributed by atoms with Crippen LogP contribution in [0.3, 0.4) is 0 Å². The third kappa shape index (κ3) is 4.07. The Balaban J connectivity index is 3.17. The van der Waals surface area contributed by atoms with Crippen molar-refractivity contribution in [2.45, 2.75) is 33.2 Å². The van der Waals surface area contributed by atoms with Crippen LogP contribution < -0.4 is 0 Å². The number of carbonyl (C=O) groups excluding carboxylic acids is 1. The molecule has 1 rings (SSSR count). The molecule has 0 radical (unpaired) electrons. The van der Waals surface area contributed by atoms with Crippen molar-refractivity contribution < 1.29 is 14.3 Å². The van der Waals surface area contributed by atoms with E-state index in [9.17, 15) is 9.18 Å². The van der Waals surface area contributed by atoms with E-state index in [1.165, 1.54) is 18.2 Å². The molecule has 0 saturated carbocycles. The van der Waals surface area contributed by atoms with E-state index >= 15 is 0 Å². The van der Waals surface area contributed by atoms with Gasteiger partial charge in [0.1, 0.15) is 5.82 Å². The molecule has 0 aromatic heterocycles. The van der Waals surface area contributed by atoms with Gasteiger partial charge in [0.15, 0.2) is 0 Å². The minimum Gasteiger partial charge on any atom is -0.395 e. The normalized spacial score (nSPS) is 10.1. The van der Waals surface area contributed by atoms with Gasteiger partial charge in [-0.1, -0.05) is 11.8 Å². The van der Waals surface area contributed by atoms with E-state index in [2.05, 4.69) is 11.8 Å². The van der Waals surface area contributed by atoms with E-state index in [0.717, 1.165) is 0 Å². The molecular formula is C16H20FNO2. The number of hydrogen-bond donors (Lipinski definition) is 1. The molecule has 108 valence electrons. The highest BCUT2D eigenvalue weighted by atomic mass is 19.1. The molecular weight excluding hydrogens is 257 g/mol. The lowest BCUT2D eigenvalue weighted by Gasteiger charge is -2.25. The van der Waals surface area contributed by atoms with Gasteiger partial charge in [0.2, 0.25) is 0 Å². The lowest BCUT2D eigenvalue weighted by atomic mass is 10.1. The molecule has 0 heterocycles. The van der Waals surface area contributed by atoms with Crippen LogP contribution in [-0.4, -0.2) is 35.1 Å². The smallest absolute Gasteiger partial charge is 0.255 e. The first kappa shape index (κ1) is 16.2. The largest absolute Gasteiger partial charge is 0.395 e. The number of benzene rings is 1. The Morgan fingerprint density at radius 2 is 2.15 bits per heavy atom. The van der Waals surface area contributed by atoms with Gasteiger partial charge in [0.25, 0.3) is 5.91 Å². The number of nitrogens with zero attached hydrogens (tertiary/aromatic N) is 1. The SMILES string of the molecule is CCN(C(=O)c1ccc(F)cc1C#CCCO)C(C)C. The van der Waals surface area contributed by atoms with Gasteiger partial charge in [0, 0.05) is 24.6 Å². The molecule has 0 aliphatic heterocycles. The summed E-state index contributed by atoms with van der Waals surface area (Å²) in [5.74, 6) is 4.89. The number of amides is 1. The van der Waals surface area contributed by atoms with Crippen LogP contribution >= 0.6 is 0 Å².